The Kier molecular flexibility index (Phi) is 7.02. The molecular formula is C19H32N6O4S. The Hall–Kier alpha value is -2.14. The van der Waals surface area contributed by atoms with E-state index < -0.39 is 10.0 Å². The van der Waals surface area contributed by atoms with Crippen LogP contribution in [-0.4, -0.2) is 93.4 Å². The number of carbonyl (C=O) groups is 1. The van der Waals surface area contributed by atoms with Crippen LogP contribution in [0, 0.1) is 5.41 Å². The van der Waals surface area contributed by atoms with E-state index >= 15 is 0 Å². The number of amides is 1. The summed E-state index contributed by atoms with van der Waals surface area (Å²) in [5.41, 5.74) is 0.0182. The van der Waals surface area contributed by atoms with Gasteiger partial charge in [-0.2, -0.15) is 4.31 Å². The van der Waals surface area contributed by atoms with Gasteiger partial charge < -0.3 is 19.6 Å². The number of piperazine rings is 1. The molecule has 1 aromatic rings. The lowest BCUT2D eigenvalue weighted by atomic mass is 9.84. The van der Waals surface area contributed by atoms with Gasteiger partial charge in [0.05, 0.1) is 11.1 Å². The van der Waals surface area contributed by atoms with Gasteiger partial charge in [-0.1, -0.05) is 18.0 Å². The van der Waals surface area contributed by atoms with E-state index in [1.165, 1.54) is 10.6 Å². The van der Waals surface area contributed by atoms with Gasteiger partial charge in [-0.15, -0.1) is 0 Å². The summed E-state index contributed by atoms with van der Waals surface area (Å²) >= 11 is 0. The summed E-state index contributed by atoms with van der Waals surface area (Å²) in [5, 5.41) is 7.08. The molecule has 0 radical (unpaired) electrons. The molecule has 2 heterocycles. The molecule has 10 nitrogen and oxygen atoms in total. The molecule has 0 atom stereocenters. The third kappa shape index (κ3) is 4.94. The predicted octanol–water partition coefficient (Wildman–Crippen LogP) is 0.346. The molecule has 1 amide bonds. The van der Waals surface area contributed by atoms with Crippen molar-refractivity contribution in [3.05, 3.63) is 18.0 Å². The highest BCUT2D eigenvalue weighted by Gasteiger charge is 2.42. The van der Waals surface area contributed by atoms with E-state index in [1.807, 2.05) is 4.90 Å². The first-order chi connectivity index (χ1) is 14.3. The van der Waals surface area contributed by atoms with Crippen LogP contribution in [0.3, 0.4) is 0 Å². The number of carbonyl (C=O) groups excluding carboxylic acids is 1. The minimum atomic E-state index is -3.44. The van der Waals surface area contributed by atoms with Crippen molar-refractivity contribution in [3.63, 3.8) is 0 Å². The van der Waals surface area contributed by atoms with Crippen LogP contribution >= 0.6 is 0 Å². The van der Waals surface area contributed by atoms with E-state index in [4.69, 9.17) is 4.52 Å². The summed E-state index contributed by atoms with van der Waals surface area (Å²) < 4.78 is 31.4. The molecule has 1 aliphatic carbocycles. The van der Waals surface area contributed by atoms with Gasteiger partial charge in [0.2, 0.25) is 15.9 Å². The highest BCUT2D eigenvalue weighted by Crippen LogP contribution is 2.39. The van der Waals surface area contributed by atoms with Crippen molar-refractivity contribution in [2.24, 2.45) is 10.4 Å². The summed E-state index contributed by atoms with van der Waals surface area (Å²) in [7, 11) is 1.87. The number of hydrogen-bond acceptors (Lipinski definition) is 6. The number of nitrogens with one attached hydrogen (secondary N) is 1. The molecule has 2 aliphatic rings. The van der Waals surface area contributed by atoms with Crippen molar-refractivity contribution in [2.45, 2.75) is 31.4 Å². The van der Waals surface area contributed by atoms with Crippen LogP contribution in [-0.2, 0) is 20.6 Å². The molecule has 1 saturated heterocycles. The number of sulfonamides is 1. The second-order valence-electron chi connectivity index (χ2n) is 8.22. The van der Waals surface area contributed by atoms with Crippen LogP contribution in [0.15, 0.2) is 21.8 Å². The molecule has 0 unspecified atom stereocenters. The lowest BCUT2D eigenvalue weighted by molar-refractivity contribution is -0.138. The average molecular weight is 441 g/mol. The second kappa shape index (κ2) is 9.34. The molecule has 0 bridgehead atoms. The summed E-state index contributed by atoms with van der Waals surface area (Å²) in [6, 6.07) is 1.56. The molecule has 1 aliphatic heterocycles. The van der Waals surface area contributed by atoms with Crippen molar-refractivity contribution >= 4 is 21.9 Å². The normalized spacial score (nSPS) is 20.4. The highest BCUT2D eigenvalue weighted by molar-refractivity contribution is 7.88. The van der Waals surface area contributed by atoms with Gasteiger partial charge in [-0.25, -0.2) is 8.42 Å². The van der Waals surface area contributed by atoms with E-state index in [0.717, 1.165) is 25.7 Å². The molecule has 30 heavy (non-hydrogen) atoms. The Labute approximate surface area is 178 Å². The first-order valence-corrected chi connectivity index (χ1v) is 11.9. The van der Waals surface area contributed by atoms with Crippen molar-refractivity contribution in [2.75, 3.05) is 53.9 Å². The van der Waals surface area contributed by atoms with Crippen LogP contribution in [0.4, 0.5) is 0 Å². The van der Waals surface area contributed by atoms with Gasteiger partial charge >= 0.3 is 0 Å². The highest BCUT2D eigenvalue weighted by atomic mass is 32.2. The standard InChI is InChI=1S/C19H32N6O4S/c1-20-18(21-15-19(7-4-5-8-19)17(26)23(2)3)24-9-11-25(12-10-24)30(27,28)14-16-6-13-29-22-16/h6,13H,4-5,7-12,14-15H2,1-3H3,(H,20,21). The van der Waals surface area contributed by atoms with E-state index in [-0.39, 0.29) is 17.1 Å². The molecule has 11 heteroatoms. The van der Waals surface area contributed by atoms with Crippen LogP contribution in [0.25, 0.3) is 0 Å². The van der Waals surface area contributed by atoms with Crippen molar-refractivity contribution in [3.8, 4) is 0 Å². The summed E-state index contributed by atoms with van der Waals surface area (Å²) in [5.74, 6) is 0.708. The Bertz CT molecular complexity index is 838. The monoisotopic (exact) mass is 440 g/mol. The minimum Gasteiger partial charge on any atom is -0.364 e. The average Bonchev–Trinajstić information content (AvgIpc) is 3.40. The fourth-order valence-corrected chi connectivity index (χ4v) is 5.77. The zero-order valence-electron chi connectivity index (χ0n) is 18.0. The number of rotatable bonds is 6. The zero-order chi connectivity index (χ0) is 21.8. The van der Waals surface area contributed by atoms with Crippen molar-refractivity contribution in [1.29, 1.82) is 0 Å². The summed E-state index contributed by atoms with van der Waals surface area (Å²) in [6.07, 6.45) is 5.24. The van der Waals surface area contributed by atoms with E-state index in [0.29, 0.717) is 44.4 Å². The van der Waals surface area contributed by atoms with E-state index in [2.05, 4.69) is 15.5 Å². The first-order valence-electron chi connectivity index (χ1n) is 10.3. The summed E-state index contributed by atoms with van der Waals surface area (Å²) in [4.78, 5) is 20.9. The Morgan fingerprint density at radius 1 is 1.27 bits per heavy atom. The quantitative estimate of drug-likeness (QED) is 0.502. The van der Waals surface area contributed by atoms with Gasteiger partial charge in [-0.05, 0) is 12.8 Å². The molecule has 0 spiro atoms. The van der Waals surface area contributed by atoms with Crippen molar-refractivity contribution < 1.29 is 17.7 Å². The third-order valence-corrected chi connectivity index (χ3v) is 7.78. The Morgan fingerprint density at radius 2 is 1.93 bits per heavy atom. The lowest BCUT2D eigenvalue weighted by Gasteiger charge is -2.37. The van der Waals surface area contributed by atoms with Crippen LogP contribution < -0.4 is 5.32 Å². The molecule has 168 valence electrons. The topological polar surface area (TPSA) is 111 Å². The van der Waals surface area contributed by atoms with Gasteiger partial charge in [0.25, 0.3) is 0 Å². The van der Waals surface area contributed by atoms with Gasteiger partial charge in [0.15, 0.2) is 5.96 Å². The number of guanidine groups is 1. The smallest absolute Gasteiger partial charge is 0.230 e. The second-order valence-corrected chi connectivity index (χ2v) is 10.2. The number of aromatic nitrogens is 1. The Balaban J connectivity index is 1.57. The number of hydrogen-bond donors (Lipinski definition) is 1. The lowest BCUT2D eigenvalue weighted by Crippen LogP contribution is -2.56. The van der Waals surface area contributed by atoms with Crippen LogP contribution in [0.2, 0.25) is 0 Å². The first kappa shape index (κ1) is 22.5. The molecule has 1 N–H and O–H groups in total. The van der Waals surface area contributed by atoms with Crippen LogP contribution in [0.5, 0.6) is 0 Å². The largest absolute Gasteiger partial charge is 0.364 e. The van der Waals surface area contributed by atoms with E-state index in [9.17, 15) is 13.2 Å². The van der Waals surface area contributed by atoms with E-state index in [1.54, 1.807) is 32.1 Å². The molecule has 1 aromatic heterocycles. The summed E-state index contributed by atoms with van der Waals surface area (Å²) in [6.45, 7) is 2.37. The van der Waals surface area contributed by atoms with Gasteiger partial charge in [0.1, 0.15) is 12.0 Å². The number of nitrogens with zero attached hydrogens (tertiary/aromatic N) is 5. The maximum atomic E-state index is 12.8. The SMILES string of the molecule is CN=C(NCC1(C(=O)N(C)C)CCCC1)N1CCN(S(=O)(=O)Cc2ccon2)CC1. The molecule has 0 aromatic carbocycles. The molecule has 2 fully saturated rings. The van der Waals surface area contributed by atoms with Gasteiger partial charge in [0, 0.05) is 59.9 Å². The van der Waals surface area contributed by atoms with Gasteiger partial charge in [-0.3, -0.25) is 9.79 Å². The molecular weight excluding hydrogens is 408 g/mol. The molecule has 3 rings (SSSR count). The maximum absolute atomic E-state index is 12.8. The van der Waals surface area contributed by atoms with Crippen LogP contribution in [0.1, 0.15) is 31.4 Å². The number of aliphatic imine (C=N–C) groups is 1. The Morgan fingerprint density at radius 3 is 2.47 bits per heavy atom. The predicted molar refractivity (Wildman–Crippen MR) is 113 cm³/mol. The van der Waals surface area contributed by atoms with Crippen molar-refractivity contribution in [1.82, 2.24) is 24.6 Å². The molecule has 1 saturated carbocycles. The fourth-order valence-electron chi connectivity index (χ4n) is 4.34. The fraction of sp³-hybridized carbons (Fsp3) is 0.737. The zero-order valence-corrected chi connectivity index (χ0v) is 18.8. The maximum Gasteiger partial charge on any atom is 0.230 e. The minimum absolute atomic E-state index is 0.159. The third-order valence-electron chi connectivity index (χ3n) is 5.97.